The maximum absolute atomic E-state index is 12.3. The van der Waals surface area contributed by atoms with Crippen LogP contribution in [0.1, 0.15) is 39.2 Å². The molecule has 0 spiro atoms. The van der Waals surface area contributed by atoms with E-state index in [9.17, 15) is 9.59 Å². The van der Waals surface area contributed by atoms with Gasteiger partial charge in [-0.1, -0.05) is 6.92 Å². The maximum Gasteiger partial charge on any atom is 0.325 e. The number of aliphatic imine (C=N–C) groups is 1. The van der Waals surface area contributed by atoms with E-state index in [1.165, 1.54) is 10.5 Å². The summed E-state index contributed by atoms with van der Waals surface area (Å²) in [6.45, 7) is 8.12. The molecule has 8 heteroatoms. The summed E-state index contributed by atoms with van der Waals surface area (Å²) < 4.78 is 0. The first-order valence-corrected chi connectivity index (χ1v) is 9.61. The van der Waals surface area contributed by atoms with Gasteiger partial charge >= 0.3 is 6.03 Å². The average molecular weight is 366 g/mol. The lowest BCUT2D eigenvalue weighted by Gasteiger charge is -2.19. The van der Waals surface area contributed by atoms with Crippen molar-refractivity contribution >= 4 is 29.2 Å². The van der Waals surface area contributed by atoms with Gasteiger partial charge in [0.15, 0.2) is 5.96 Å². The van der Waals surface area contributed by atoms with Gasteiger partial charge in [0.2, 0.25) is 0 Å². The smallest absolute Gasteiger partial charge is 0.325 e. The van der Waals surface area contributed by atoms with Gasteiger partial charge in [0.1, 0.15) is 5.54 Å². The van der Waals surface area contributed by atoms with E-state index in [4.69, 9.17) is 0 Å². The highest BCUT2D eigenvalue weighted by molar-refractivity contribution is 7.07. The van der Waals surface area contributed by atoms with Gasteiger partial charge in [0.05, 0.1) is 6.54 Å². The molecule has 0 aromatic carbocycles. The summed E-state index contributed by atoms with van der Waals surface area (Å²) in [5.41, 5.74) is 0.418. The molecule has 1 aromatic rings. The zero-order valence-corrected chi connectivity index (χ0v) is 15.9. The van der Waals surface area contributed by atoms with Gasteiger partial charge in [-0.2, -0.15) is 11.3 Å². The van der Waals surface area contributed by atoms with Gasteiger partial charge in [-0.15, -0.1) is 0 Å². The Kier molecular flexibility index (Phi) is 6.81. The molecule has 1 aliphatic heterocycles. The van der Waals surface area contributed by atoms with E-state index in [-0.39, 0.29) is 11.9 Å². The van der Waals surface area contributed by atoms with Crippen LogP contribution in [0.2, 0.25) is 0 Å². The number of imide groups is 1. The monoisotopic (exact) mass is 365 g/mol. The van der Waals surface area contributed by atoms with Crippen molar-refractivity contribution in [1.29, 1.82) is 0 Å². The summed E-state index contributed by atoms with van der Waals surface area (Å²) in [7, 11) is 0. The zero-order valence-electron chi connectivity index (χ0n) is 15.1. The Hall–Kier alpha value is -2.09. The highest BCUT2D eigenvalue weighted by atomic mass is 32.1. The number of urea groups is 1. The van der Waals surface area contributed by atoms with Crippen LogP contribution in [0.3, 0.4) is 0 Å². The predicted molar refractivity (Wildman–Crippen MR) is 101 cm³/mol. The minimum atomic E-state index is -0.762. The van der Waals surface area contributed by atoms with Crippen LogP contribution in [0.5, 0.6) is 0 Å². The molecule has 1 atom stereocenters. The van der Waals surface area contributed by atoms with Crippen molar-refractivity contribution < 1.29 is 9.59 Å². The number of hydrogen-bond donors (Lipinski definition) is 3. The van der Waals surface area contributed by atoms with Crippen molar-refractivity contribution in [3.8, 4) is 0 Å². The van der Waals surface area contributed by atoms with Crippen LogP contribution in [0.25, 0.3) is 0 Å². The van der Waals surface area contributed by atoms with E-state index < -0.39 is 5.54 Å². The normalized spacial score (nSPS) is 20.8. The largest absolute Gasteiger partial charge is 0.357 e. The molecule has 138 valence electrons. The Bertz CT molecular complexity index is 617. The lowest BCUT2D eigenvalue weighted by molar-refractivity contribution is -0.130. The molecule has 1 fully saturated rings. The highest BCUT2D eigenvalue weighted by Gasteiger charge is 2.45. The zero-order chi connectivity index (χ0) is 18.3. The fourth-order valence-electron chi connectivity index (χ4n) is 2.53. The molecular weight excluding hydrogens is 338 g/mol. The van der Waals surface area contributed by atoms with Gasteiger partial charge in [0.25, 0.3) is 5.91 Å². The highest BCUT2D eigenvalue weighted by Crippen LogP contribution is 2.20. The third-order valence-corrected chi connectivity index (χ3v) is 4.98. The van der Waals surface area contributed by atoms with Crippen molar-refractivity contribution in [3.63, 3.8) is 0 Å². The second kappa shape index (κ2) is 8.84. The first-order valence-electron chi connectivity index (χ1n) is 8.67. The van der Waals surface area contributed by atoms with Gasteiger partial charge in [-0.25, -0.2) is 9.79 Å². The number of guanidine groups is 1. The summed E-state index contributed by atoms with van der Waals surface area (Å²) in [5, 5.41) is 13.3. The van der Waals surface area contributed by atoms with E-state index in [1.807, 2.05) is 19.2 Å². The molecule has 0 saturated carbocycles. The minimum Gasteiger partial charge on any atom is -0.357 e. The average Bonchev–Trinajstić information content (AvgIpc) is 3.18. The molecular formula is C17H27N5O2S. The number of rotatable bonds is 8. The quantitative estimate of drug-likeness (QED) is 0.284. The van der Waals surface area contributed by atoms with Crippen LogP contribution in [0.4, 0.5) is 4.79 Å². The number of nitrogens with one attached hydrogen (secondary N) is 3. The van der Waals surface area contributed by atoms with Crippen molar-refractivity contribution in [1.82, 2.24) is 20.9 Å². The van der Waals surface area contributed by atoms with E-state index in [0.29, 0.717) is 32.5 Å². The summed E-state index contributed by atoms with van der Waals surface area (Å²) in [5.74, 6) is 0.599. The summed E-state index contributed by atoms with van der Waals surface area (Å²) in [4.78, 5) is 30.1. The van der Waals surface area contributed by atoms with Crippen LogP contribution in [0, 0.1) is 0 Å². The first kappa shape index (κ1) is 19.2. The van der Waals surface area contributed by atoms with Crippen LogP contribution >= 0.6 is 11.3 Å². The summed E-state index contributed by atoms with van der Waals surface area (Å²) in [6.07, 6.45) is 1.26. The third-order valence-electron chi connectivity index (χ3n) is 4.25. The second-order valence-corrected chi connectivity index (χ2v) is 6.96. The van der Waals surface area contributed by atoms with Crippen molar-refractivity contribution in [2.75, 3.05) is 19.6 Å². The third kappa shape index (κ3) is 4.94. The molecule has 7 nitrogen and oxygen atoms in total. The topological polar surface area (TPSA) is 85.8 Å². The maximum atomic E-state index is 12.3. The van der Waals surface area contributed by atoms with Crippen LogP contribution in [0.15, 0.2) is 21.8 Å². The summed E-state index contributed by atoms with van der Waals surface area (Å²) in [6, 6.07) is 1.76. The molecule has 2 rings (SSSR count). The number of nitrogens with zero attached hydrogens (tertiary/aromatic N) is 2. The molecule has 1 aromatic heterocycles. The van der Waals surface area contributed by atoms with Crippen LogP contribution in [-0.2, 0) is 11.3 Å². The van der Waals surface area contributed by atoms with E-state index in [2.05, 4.69) is 32.4 Å². The predicted octanol–water partition coefficient (Wildman–Crippen LogP) is 1.91. The van der Waals surface area contributed by atoms with E-state index in [1.54, 1.807) is 18.3 Å². The fourth-order valence-corrected chi connectivity index (χ4v) is 3.19. The Balaban J connectivity index is 1.79. The Labute approximate surface area is 152 Å². The molecule has 3 N–H and O–H groups in total. The molecule has 0 aliphatic carbocycles. The van der Waals surface area contributed by atoms with E-state index in [0.717, 1.165) is 12.5 Å². The number of amides is 3. The molecule has 1 aliphatic rings. The number of carbonyl (C=O) groups is 2. The lowest BCUT2D eigenvalue weighted by Crippen LogP contribution is -2.43. The molecule has 1 saturated heterocycles. The van der Waals surface area contributed by atoms with Crippen LogP contribution < -0.4 is 16.0 Å². The van der Waals surface area contributed by atoms with Crippen LogP contribution in [-0.4, -0.2) is 48.0 Å². The standard InChI is InChI=1S/C17H27N5O2S/c1-4-17(3)14(23)22(16(24)21-17)9-6-8-19-15(18-5-2)20-11-13-7-10-25-12-13/h7,10,12H,4-6,8-9,11H2,1-3H3,(H,21,24)(H2,18,19,20). The fraction of sp³-hybridized carbons (Fsp3) is 0.588. The number of carbonyl (C=O) groups excluding carboxylic acids is 2. The number of hydrogen-bond acceptors (Lipinski definition) is 4. The Morgan fingerprint density at radius 1 is 1.36 bits per heavy atom. The molecule has 2 heterocycles. The summed E-state index contributed by atoms with van der Waals surface area (Å²) >= 11 is 1.66. The van der Waals surface area contributed by atoms with Crippen molar-refractivity contribution in [3.05, 3.63) is 22.4 Å². The van der Waals surface area contributed by atoms with Gasteiger partial charge in [-0.05, 0) is 49.1 Å². The first-order chi connectivity index (χ1) is 12.0. The van der Waals surface area contributed by atoms with Crippen molar-refractivity contribution in [2.24, 2.45) is 4.99 Å². The van der Waals surface area contributed by atoms with Crippen molar-refractivity contribution in [2.45, 2.75) is 45.7 Å². The minimum absolute atomic E-state index is 0.141. The number of thiophene rings is 1. The molecule has 0 bridgehead atoms. The van der Waals surface area contributed by atoms with E-state index >= 15 is 0 Å². The SMILES string of the molecule is CCNC(=NCc1ccsc1)NCCCN1C(=O)NC(C)(CC)C1=O. The Morgan fingerprint density at radius 2 is 2.16 bits per heavy atom. The Morgan fingerprint density at radius 3 is 2.76 bits per heavy atom. The van der Waals surface area contributed by atoms with Gasteiger partial charge < -0.3 is 16.0 Å². The molecule has 1 unspecified atom stereocenters. The lowest BCUT2D eigenvalue weighted by atomic mass is 9.99. The second-order valence-electron chi connectivity index (χ2n) is 6.18. The van der Waals surface area contributed by atoms with Gasteiger partial charge in [0, 0.05) is 19.6 Å². The molecule has 25 heavy (non-hydrogen) atoms. The molecule has 3 amide bonds. The van der Waals surface area contributed by atoms with Gasteiger partial charge in [-0.3, -0.25) is 9.69 Å². The molecule has 0 radical (unpaired) electrons.